The molecule has 96 valence electrons. The Hall–Kier alpha value is -0.520. The lowest BCUT2D eigenvalue weighted by atomic mass is 10.00. The average Bonchev–Trinajstić information content (AvgIpc) is 2.27. The van der Waals surface area contributed by atoms with Gasteiger partial charge in [-0.3, -0.25) is 0 Å². The SMILES string of the molecule is COc1c(Cl)cc(Cl)cc1C(O)C(N)CCO. The van der Waals surface area contributed by atoms with Crippen LogP contribution in [-0.4, -0.2) is 30.0 Å². The first-order chi connectivity index (χ1) is 8.01. The topological polar surface area (TPSA) is 75.7 Å². The second-order valence-electron chi connectivity index (χ2n) is 3.63. The van der Waals surface area contributed by atoms with Crippen LogP contribution < -0.4 is 10.5 Å². The summed E-state index contributed by atoms with van der Waals surface area (Å²) < 4.78 is 5.11. The van der Waals surface area contributed by atoms with Gasteiger partial charge in [-0.1, -0.05) is 23.2 Å². The lowest BCUT2D eigenvalue weighted by Gasteiger charge is -2.21. The summed E-state index contributed by atoms with van der Waals surface area (Å²) in [6.45, 7) is -0.102. The summed E-state index contributed by atoms with van der Waals surface area (Å²) in [5.41, 5.74) is 6.15. The van der Waals surface area contributed by atoms with E-state index in [0.29, 0.717) is 21.4 Å². The molecule has 1 rings (SSSR count). The first-order valence-corrected chi connectivity index (χ1v) is 5.84. The van der Waals surface area contributed by atoms with Crippen molar-refractivity contribution in [2.45, 2.75) is 18.6 Å². The Morgan fingerprint density at radius 1 is 1.41 bits per heavy atom. The molecule has 2 atom stereocenters. The Bertz CT molecular complexity index is 387. The first kappa shape index (κ1) is 14.5. The molecule has 0 heterocycles. The molecular formula is C11H15Cl2NO3. The van der Waals surface area contributed by atoms with Gasteiger partial charge in [0.2, 0.25) is 0 Å². The third-order valence-electron chi connectivity index (χ3n) is 2.43. The molecule has 0 bridgehead atoms. The highest BCUT2D eigenvalue weighted by Crippen LogP contribution is 2.36. The zero-order chi connectivity index (χ0) is 13.0. The van der Waals surface area contributed by atoms with Gasteiger partial charge in [-0.15, -0.1) is 0 Å². The number of hydrogen-bond donors (Lipinski definition) is 3. The van der Waals surface area contributed by atoms with Crippen LogP contribution in [0.25, 0.3) is 0 Å². The van der Waals surface area contributed by atoms with E-state index in [2.05, 4.69) is 0 Å². The second kappa shape index (κ2) is 6.42. The highest BCUT2D eigenvalue weighted by atomic mass is 35.5. The molecule has 0 saturated carbocycles. The fourth-order valence-corrected chi connectivity index (χ4v) is 2.14. The maximum absolute atomic E-state index is 10.0. The van der Waals surface area contributed by atoms with Gasteiger partial charge >= 0.3 is 0 Å². The highest BCUT2D eigenvalue weighted by molar-refractivity contribution is 6.35. The second-order valence-corrected chi connectivity index (χ2v) is 4.47. The monoisotopic (exact) mass is 279 g/mol. The third-order valence-corrected chi connectivity index (χ3v) is 2.93. The van der Waals surface area contributed by atoms with Crippen molar-refractivity contribution in [2.24, 2.45) is 5.73 Å². The van der Waals surface area contributed by atoms with Crippen LogP contribution in [0.4, 0.5) is 0 Å². The molecule has 4 N–H and O–H groups in total. The fraction of sp³-hybridized carbons (Fsp3) is 0.455. The molecule has 0 aliphatic carbocycles. The standard InChI is InChI=1S/C11H15Cl2NO3/c1-17-11-7(4-6(12)5-8(11)13)10(16)9(14)2-3-15/h4-5,9-10,15-16H,2-3,14H2,1H3. The van der Waals surface area contributed by atoms with Gasteiger partial charge in [-0.25, -0.2) is 0 Å². The molecule has 0 aliphatic heterocycles. The summed E-state index contributed by atoms with van der Waals surface area (Å²) in [5, 5.41) is 19.5. The van der Waals surface area contributed by atoms with Crippen molar-refractivity contribution in [1.82, 2.24) is 0 Å². The van der Waals surface area contributed by atoms with Crippen LogP contribution in [0.2, 0.25) is 10.0 Å². The molecular weight excluding hydrogens is 265 g/mol. The van der Waals surface area contributed by atoms with Crippen LogP contribution in [0.3, 0.4) is 0 Å². The molecule has 0 amide bonds. The Balaban J connectivity index is 3.11. The largest absolute Gasteiger partial charge is 0.495 e. The number of ether oxygens (including phenoxy) is 1. The van der Waals surface area contributed by atoms with Gasteiger partial charge in [-0.05, 0) is 18.6 Å². The van der Waals surface area contributed by atoms with Crippen LogP contribution in [0, 0.1) is 0 Å². The molecule has 0 aliphatic rings. The Labute approximate surface area is 110 Å². The molecule has 0 spiro atoms. The molecule has 0 fully saturated rings. The predicted molar refractivity (Wildman–Crippen MR) is 67.7 cm³/mol. The molecule has 0 saturated heterocycles. The van der Waals surface area contributed by atoms with Crippen molar-refractivity contribution < 1.29 is 14.9 Å². The van der Waals surface area contributed by atoms with E-state index in [1.165, 1.54) is 13.2 Å². The molecule has 0 radical (unpaired) electrons. The van der Waals surface area contributed by atoms with Gasteiger partial charge in [-0.2, -0.15) is 0 Å². The lowest BCUT2D eigenvalue weighted by molar-refractivity contribution is 0.126. The van der Waals surface area contributed by atoms with E-state index < -0.39 is 12.1 Å². The number of methoxy groups -OCH3 is 1. The summed E-state index contributed by atoms with van der Waals surface area (Å²) in [6, 6.07) is 2.47. The van der Waals surface area contributed by atoms with Crippen molar-refractivity contribution >= 4 is 23.2 Å². The Morgan fingerprint density at radius 2 is 2.06 bits per heavy atom. The van der Waals surface area contributed by atoms with Crippen molar-refractivity contribution in [3.63, 3.8) is 0 Å². The molecule has 17 heavy (non-hydrogen) atoms. The van der Waals surface area contributed by atoms with Crippen molar-refractivity contribution in [3.8, 4) is 5.75 Å². The number of aliphatic hydroxyl groups is 2. The Morgan fingerprint density at radius 3 is 2.59 bits per heavy atom. The first-order valence-electron chi connectivity index (χ1n) is 5.08. The number of aliphatic hydroxyl groups excluding tert-OH is 2. The van der Waals surface area contributed by atoms with E-state index in [0.717, 1.165) is 0 Å². The molecule has 2 unspecified atom stereocenters. The summed E-state index contributed by atoms with van der Waals surface area (Å²) in [7, 11) is 1.45. The Kier molecular flexibility index (Phi) is 5.49. The van der Waals surface area contributed by atoms with E-state index in [1.54, 1.807) is 6.07 Å². The van der Waals surface area contributed by atoms with E-state index in [-0.39, 0.29) is 13.0 Å². The highest BCUT2D eigenvalue weighted by Gasteiger charge is 2.22. The fourth-order valence-electron chi connectivity index (χ4n) is 1.55. The predicted octanol–water partition coefficient (Wildman–Crippen LogP) is 1.75. The maximum Gasteiger partial charge on any atom is 0.143 e. The number of hydrogen-bond acceptors (Lipinski definition) is 4. The van der Waals surface area contributed by atoms with Crippen LogP contribution in [0.5, 0.6) is 5.75 Å². The molecule has 1 aromatic carbocycles. The quantitative estimate of drug-likeness (QED) is 0.768. The van der Waals surface area contributed by atoms with Crippen LogP contribution >= 0.6 is 23.2 Å². The number of benzene rings is 1. The number of halogens is 2. The van der Waals surface area contributed by atoms with Gasteiger partial charge in [0.15, 0.2) is 0 Å². The minimum Gasteiger partial charge on any atom is -0.495 e. The summed E-state index contributed by atoms with van der Waals surface area (Å²) >= 11 is 11.8. The summed E-state index contributed by atoms with van der Waals surface area (Å²) in [6.07, 6.45) is -0.720. The number of nitrogens with two attached hydrogens (primary N) is 1. The normalized spacial score (nSPS) is 14.5. The van der Waals surface area contributed by atoms with Gasteiger partial charge in [0.05, 0.1) is 18.2 Å². The molecule has 4 nitrogen and oxygen atoms in total. The van der Waals surface area contributed by atoms with Gasteiger partial charge in [0.25, 0.3) is 0 Å². The van der Waals surface area contributed by atoms with Crippen LogP contribution in [-0.2, 0) is 0 Å². The third kappa shape index (κ3) is 3.47. The maximum atomic E-state index is 10.0. The van der Waals surface area contributed by atoms with Gasteiger partial charge in [0, 0.05) is 23.2 Å². The van der Waals surface area contributed by atoms with Crippen molar-refractivity contribution in [3.05, 3.63) is 27.7 Å². The van der Waals surface area contributed by atoms with Gasteiger partial charge < -0.3 is 20.7 Å². The summed E-state index contributed by atoms with van der Waals surface area (Å²) in [4.78, 5) is 0. The van der Waals surface area contributed by atoms with E-state index in [9.17, 15) is 5.11 Å². The smallest absolute Gasteiger partial charge is 0.143 e. The zero-order valence-corrected chi connectivity index (χ0v) is 10.9. The van der Waals surface area contributed by atoms with Crippen molar-refractivity contribution in [1.29, 1.82) is 0 Å². The van der Waals surface area contributed by atoms with Crippen LogP contribution in [0.1, 0.15) is 18.1 Å². The minimum atomic E-state index is -0.992. The van der Waals surface area contributed by atoms with E-state index in [1.807, 2.05) is 0 Å². The zero-order valence-electron chi connectivity index (χ0n) is 9.36. The minimum absolute atomic E-state index is 0.102. The number of rotatable bonds is 5. The average molecular weight is 280 g/mol. The molecule has 1 aromatic rings. The van der Waals surface area contributed by atoms with E-state index >= 15 is 0 Å². The van der Waals surface area contributed by atoms with Crippen molar-refractivity contribution in [2.75, 3.05) is 13.7 Å². The summed E-state index contributed by atoms with van der Waals surface area (Å²) in [5.74, 6) is 0.344. The lowest BCUT2D eigenvalue weighted by Crippen LogP contribution is -2.29. The van der Waals surface area contributed by atoms with Crippen LogP contribution in [0.15, 0.2) is 12.1 Å². The van der Waals surface area contributed by atoms with Gasteiger partial charge in [0.1, 0.15) is 5.75 Å². The molecule has 0 aromatic heterocycles. The van der Waals surface area contributed by atoms with E-state index in [4.69, 9.17) is 38.8 Å². The molecule has 6 heteroatoms.